The van der Waals surface area contributed by atoms with Gasteiger partial charge in [0.25, 0.3) is 5.91 Å². The van der Waals surface area contributed by atoms with Crippen molar-refractivity contribution in [1.29, 1.82) is 0 Å². The number of anilines is 1. The molecule has 3 aromatic carbocycles. The fraction of sp³-hybridized carbons (Fsp3) is 0.167. The van der Waals surface area contributed by atoms with E-state index in [0.717, 1.165) is 16.7 Å². The smallest absolute Gasteiger partial charge is 0.262 e. The molecule has 1 aromatic heterocycles. The van der Waals surface area contributed by atoms with Crippen LogP contribution in [0.5, 0.6) is 5.75 Å². The molecule has 0 saturated carbocycles. The molecule has 0 aliphatic heterocycles. The molecule has 0 fully saturated rings. The predicted octanol–water partition coefficient (Wildman–Crippen LogP) is 6.09. The summed E-state index contributed by atoms with van der Waals surface area (Å²) in [5, 5.41) is 3.50. The van der Waals surface area contributed by atoms with Crippen LogP contribution in [0.3, 0.4) is 0 Å². The molecule has 0 bridgehead atoms. The maximum Gasteiger partial charge on any atom is 0.262 e. The lowest BCUT2D eigenvalue weighted by Crippen LogP contribution is -2.20. The molecule has 4 rings (SSSR count). The molecule has 0 aliphatic carbocycles. The second-order valence-corrected chi connectivity index (χ2v) is 7.68. The van der Waals surface area contributed by atoms with E-state index in [2.05, 4.69) is 10.3 Å². The molecule has 1 amide bonds. The summed E-state index contributed by atoms with van der Waals surface area (Å²) < 4.78 is 11.5. The monoisotopic (exact) mass is 420 g/mol. The largest absolute Gasteiger partial charge is 0.484 e. The average molecular weight is 421 g/mol. The highest BCUT2D eigenvalue weighted by Crippen LogP contribution is 2.29. The molecule has 4 aromatic rings. The van der Waals surface area contributed by atoms with E-state index in [-0.39, 0.29) is 12.5 Å². The summed E-state index contributed by atoms with van der Waals surface area (Å²) in [6, 6.07) is 16.7. The summed E-state index contributed by atoms with van der Waals surface area (Å²) >= 11 is 6.03. The van der Waals surface area contributed by atoms with Crippen molar-refractivity contribution in [1.82, 2.24) is 4.98 Å². The standard InChI is InChI=1S/C24H21ClN2O3/c1-14-5-8-19(10-16(14)3)29-13-23(28)26-20-11-17(6-4-15(20)2)24-27-21-12-18(25)7-9-22(21)30-24/h4-12H,13H2,1-3H3,(H,26,28). The van der Waals surface area contributed by atoms with Gasteiger partial charge in [-0.1, -0.05) is 23.7 Å². The van der Waals surface area contributed by atoms with Gasteiger partial charge < -0.3 is 14.5 Å². The SMILES string of the molecule is Cc1ccc(OCC(=O)Nc2cc(-c3nc4cc(Cl)ccc4o3)ccc2C)cc1C. The van der Waals surface area contributed by atoms with Crippen LogP contribution in [0.1, 0.15) is 16.7 Å². The molecule has 0 unspecified atom stereocenters. The Hall–Kier alpha value is -3.31. The summed E-state index contributed by atoms with van der Waals surface area (Å²) in [4.78, 5) is 16.9. The first-order chi connectivity index (χ1) is 14.4. The molecule has 1 N–H and O–H groups in total. The third-order valence-corrected chi connectivity index (χ3v) is 5.19. The highest BCUT2D eigenvalue weighted by molar-refractivity contribution is 6.31. The van der Waals surface area contributed by atoms with Crippen LogP contribution in [0.2, 0.25) is 5.02 Å². The van der Waals surface area contributed by atoms with Crippen LogP contribution in [-0.2, 0) is 4.79 Å². The highest BCUT2D eigenvalue weighted by atomic mass is 35.5. The Morgan fingerprint density at radius 2 is 1.80 bits per heavy atom. The van der Waals surface area contributed by atoms with Crippen molar-refractivity contribution in [3.63, 3.8) is 0 Å². The fourth-order valence-corrected chi connectivity index (χ4v) is 3.22. The van der Waals surface area contributed by atoms with Gasteiger partial charge in [-0.05, 0) is 79.9 Å². The van der Waals surface area contributed by atoms with Gasteiger partial charge in [0.05, 0.1) is 0 Å². The second-order valence-electron chi connectivity index (χ2n) is 7.24. The maximum absolute atomic E-state index is 12.4. The van der Waals surface area contributed by atoms with Crippen LogP contribution in [0.15, 0.2) is 59.0 Å². The Kier molecular flexibility index (Phi) is 5.46. The minimum absolute atomic E-state index is 0.0758. The van der Waals surface area contributed by atoms with Gasteiger partial charge in [0.1, 0.15) is 11.3 Å². The number of amides is 1. The first-order valence-corrected chi connectivity index (χ1v) is 9.94. The molecule has 6 heteroatoms. The number of hydrogen-bond acceptors (Lipinski definition) is 4. The quantitative estimate of drug-likeness (QED) is 0.424. The van der Waals surface area contributed by atoms with E-state index in [0.29, 0.717) is 33.4 Å². The van der Waals surface area contributed by atoms with Gasteiger partial charge in [-0.3, -0.25) is 4.79 Å². The Bertz CT molecular complexity index is 1250. The number of nitrogens with zero attached hydrogens (tertiary/aromatic N) is 1. The number of halogens is 1. The van der Waals surface area contributed by atoms with Crippen molar-refractivity contribution in [2.24, 2.45) is 0 Å². The summed E-state index contributed by atoms with van der Waals surface area (Å²) in [6.07, 6.45) is 0. The first-order valence-electron chi connectivity index (χ1n) is 9.56. The number of aryl methyl sites for hydroxylation is 3. The summed E-state index contributed by atoms with van der Waals surface area (Å²) in [5.74, 6) is 0.899. The molecular weight excluding hydrogens is 400 g/mol. The van der Waals surface area contributed by atoms with E-state index in [1.54, 1.807) is 18.2 Å². The number of carbonyl (C=O) groups excluding carboxylic acids is 1. The summed E-state index contributed by atoms with van der Waals surface area (Å²) in [6.45, 7) is 5.90. The van der Waals surface area contributed by atoms with Gasteiger partial charge in [-0.15, -0.1) is 0 Å². The van der Waals surface area contributed by atoms with Crippen LogP contribution in [0, 0.1) is 20.8 Å². The van der Waals surface area contributed by atoms with Gasteiger partial charge in [0.15, 0.2) is 12.2 Å². The van der Waals surface area contributed by atoms with E-state index in [1.807, 2.05) is 57.2 Å². The van der Waals surface area contributed by atoms with Crippen LogP contribution >= 0.6 is 11.6 Å². The molecule has 1 heterocycles. The number of carbonyl (C=O) groups is 1. The number of rotatable bonds is 5. The van der Waals surface area contributed by atoms with E-state index < -0.39 is 0 Å². The second kappa shape index (κ2) is 8.20. The van der Waals surface area contributed by atoms with Crippen molar-refractivity contribution >= 4 is 34.3 Å². The molecule has 5 nitrogen and oxygen atoms in total. The number of nitrogens with one attached hydrogen (secondary N) is 1. The van der Waals surface area contributed by atoms with Crippen LogP contribution in [-0.4, -0.2) is 17.5 Å². The van der Waals surface area contributed by atoms with Crippen molar-refractivity contribution in [3.8, 4) is 17.2 Å². The maximum atomic E-state index is 12.4. The Labute approximate surface area is 179 Å². The first kappa shape index (κ1) is 20.0. The lowest BCUT2D eigenvalue weighted by molar-refractivity contribution is -0.118. The third kappa shape index (κ3) is 4.31. The molecule has 0 radical (unpaired) electrons. The lowest BCUT2D eigenvalue weighted by atomic mass is 10.1. The van der Waals surface area contributed by atoms with E-state index >= 15 is 0 Å². The molecule has 0 aliphatic rings. The van der Waals surface area contributed by atoms with Crippen molar-refractivity contribution in [2.45, 2.75) is 20.8 Å². The predicted molar refractivity (Wildman–Crippen MR) is 119 cm³/mol. The van der Waals surface area contributed by atoms with Gasteiger partial charge in [0.2, 0.25) is 5.89 Å². The van der Waals surface area contributed by atoms with Crippen LogP contribution in [0.25, 0.3) is 22.6 Å². The Morgan fingerprint density at radius 3 is 2.60 bits per heavy atom. The zero-order chi connectivity index (χ0) is 21.3. The molecule has 0 spiro atoms. The number of benzene rings is 3. The van der Waals surface area contributed by atoms with E-state index in [1.165, 1.54) is 5.56 Å². The number of ether oxygens (including phenoxy) is 1. The summed E-state index contributed by atoms with van der Waals surface area (Å²) in [5.41, 5.74) is 6.02. The van der Waals surface area contributed by atoms with Crippen molar-refractivity contribution in [3.05, 3.63) is 76.3 Å². The zero-order valence-corrected chi connectivity index (χ0v) is 17.7. The van der Waals surface area contributed by atoms with Gasteiger partial charge in [0, 0.05) is 16.3 Å². The summed E-state index contributed by atoms with van der Waals surface area (Å²) in [7, 11) is 0. The average Bonchev–Trinajstić information content (AvgIpc) is 3.13. The molecule has 152 valence electrons. The van der Waals surface area contributed by atoms with Gasteiger partial charge in [-0.25, -0.2) is 4.98 Å². The molecule has 0 saturated heterocycles. The van der Waals surface area contributed by atoms with Gasteiger partial charge in [-0.2, -0.15) is 0 Å². The lowest BCUT2D eigenvalue weighted by Gasteiger charge is -2.11. The van der Waals surface area contributed by atoms with Crippen LogP contribution in [0.4, 0.5) is 5.69 Å². The van der Waals surface area contributed by atoms with Gasteiger partial charge >= 0.3 is 0 Å². The highest BCUT2D eigenvalue weighted by Gasteiger charge is 2.12. The topological polar surface area (TPSA) is 64.4 Å². The zero-order valence-electron chi connectivity index (χ0n) is 17.0. The number of hydrogen-bond donors (Lipinski definition) is 1. The van der Waals surface area contributed by atoms with E-state index in [9.17, 15) is 4.79 Å². The molecular formula is C24H21ClN2O3. The third-order valence-electron chi connectivity index (χ3n) is 4.96. The Morgan fingerprint density at radius 1 is 1.00 bits per heavy atom. The van der Waals surface area contributed by atoms with Crippen LogP contribution < -0.4 is 10.1 Å². The number of oxazole rings is 1. The minimum Gasteiger partial charge on any atom is -0.484 e. The van der Waals surface area contributed by atoms with Crippen molar-refractivity contribution < 1.29 is 13.9 Å². The molecule has 30 heavy (non-hydrogen) atoms. The Balaban J connectivity index is 1.49. The molecule has 0 atom stereocenters. The van der Waals surface area contributed by atoms with Crippen molar-refractivity contribution in [2.75, 3.05) is 11.9 Å². The van der Waals surface area contributed by atoms with E-state index in [4.69, 9.17) is 20.8 Å². The minimum atomic E-state index is -0.238. The number of fused-ring (bicyclic) bond motifs is 1. The number of aromatic nitrogens is 1. The normalized spacial score (nSPS) is 10.9. The fourth-order valence-electron chi connectivity index (χ4n) is 3.05.